The summed E-state index contributed by atoms with van der Waals surface area (Å²) in [7, 11) is 0. The van der Waals surface area contributed by atoms with Gasteiger partial charge in [-0.1, -0.05) is 56.0 Å². The Morgan fingerprint density at radius 3 is 2.63 bits per heavy atom. The number of hydrogen-bond acceptors (Lipinski definition) is 7. The summed E-state index contributed by atoms with van der Waals surface area (Å²) in [6.45, 7) is 2.88. The Hall–Kier alpha value is -3.33. The number of fused-ring (bicyclic) bond motifs is 3. The minimum atomic E-state index is -0.259. The molecule has 3 atom stereocenters. The maximum Gasteiger partial charge on any atom is 0.230 e. The van der Waals surface area contributed by atoms with Crippen LogP contribution in [0, 0.1) is 5.92 Å². The molecule has 2 aromatic rings. The lowest BCUT2D eigenvalue weighted by molar-refractivity contribution is -0.155. The Labute approximate surface area is 243 Å². The summed E-state index contributed by atoms with van der Waals surface area (Å²) in [6, 6.07) is 15.0. The molecule has 41 heavy (non-hydrogen) atoms. The van der Waals surface area contributed by atoms with Crippen LogP contribution < -0.4 is 10.7 Å². The molecule has 2 aliphatic heterocycles. The highest BCUT2D eigenvalue weighted by atomic mass is 16.3. The quantitative estimate of drug-likeness (QED) is 0.407. The largest absolute Gasteiger partial charge is 0.468 e. The predicted molar refractivity (Wildman–Crippen MR) is 157 cm³/mol. The van der Waals surface area contributed by atoms with Gasteiger partial charge in [0.05, 0.1) is 18.7 Å². The van der Waals surface area contributed by atoms with E-state index in [0.717, 1.165) is 56.8 Å². The number of amides is 2. The molecule has 4 aliphatic rings. The first-order valence-electron chi connectivity index (χ1n) is 15.7. The first kappa shape index (κ1) is 27.8. The first-order chi connectivity index (χ1) is 20.2. The summed E-state index contributed by atoms with van der Waals surface area (Å²) in [5.74, 6) is 2.18. The van der Waals surface area contributed by atoms with Crippen LogP contribution in [-0.4, -0.2) is 70.4 Å². The molecule has 6 rings (SSSR count). The third-order valence-corrected chi connectivity index (χ3v) is 9.41. The van der Waals surface area contributed by atoms with E-state index < -0.39 is 0 Å². The molecule has 0 spiro atoms. The second kappa shape index (κ2) is 13.1. The van der Waals surface area contributed by atoms with Gasteiger partial charge in [0.15, 0.2) is 6.29 Å². The number of carbonyl (C=O) groups is 2. The number of hydrogen-bond donors (Lipinski definition) is 2. The van der Waals surface area contributed by atoms with Crippen molar-refractivity contribution in [3.05, 3.63) is 60.1 Å². The second-order valence-electron chi connectivity index (χ2n) is 12.0. The molecule has 3 unspecified atom stereocenters. The molecule has 1 aromatic carbocycles. The molecule has 2 N–H and O–H groups in total. The summed E-state index contributed by atoms with van der Waals surface area (Å²) >= 11 is 0. The highest BCUT2D eigenvalue weighted by Crippen LogP contribution is 2.38. The lowest BCUT2D eigenvalue weighted by atomic mass is 9.80. The maximum atomic E-state index is 13.6. The third-order valence-electron chi connectivity index (χ3n) is 9.41. The number of rotatable bonds is 12. The van der Waals surface area contributed by atoms with Gasteiger partial charge < -0.3 is 19.5 Å². The van der Waals surface area contributed by atoms with Gasteiger partial charge in [-0.2, -0.15) is 5.10 Å². The fourth-order valence-electron chi connectivity index (χ4n) is 7.28. The summed E-state index contributed by atoms with van der Waals surface area (Å²) < 4.78 is 5.60. The Bertz CT molecular complexity index is 1180. The molecule has 2 aliphatic carbocycles. The molecule has 3 heterocycles. The Balaban J connectivity index is 1.03. The van der Waals surface area contributed by atoms with Gasteiger partial charge in [0.25, 0.3) is 0 Å². The summed E-state index contributed by atoms with van der Waals surface area (Å²) in [5.41, 5.74) is 4.49. The zero-order valence-corrected chi connectivity index (χ0v) is 24.0. The molecule has 2 saturated carbocycles. The van der Waals surface area contributed by atoms with E-state index in [1.807, 2.05) is 35.2 Å². The van der Waals surface area contributed by atoms with Crippen LogP contribution >= 0.6 is 0 Å². The van der Waals surface area contributed by atoms with E-state index in [9.17, 15) is 9.59 Å². The van der Waals surface area contributed by atoms with Gasteiger partial charge in [-0.05, 0) is 49.8 Å². The van der Waals surface area contributed by atoms with E-state index in [2.05, 4.69) is 37.8 Å². The molecular weight excluding hydrogens is 516 g/mol. The van der Waals surface area contributed by atoms with E-state index in [0.29, 0.717) is 32.0 Å². The van der Waals surface area contributed by atoms with Crippen molar-refractivity contribution in [2.75, 3.05) is 19.6 Å². The van der Waals surface area contributed by atoms with E-state index in [1.54, 1.807) is 6.26 Å². The third kappa shape index (κ3) is 6.45. The van der Waals surface area contributed by atoms with Crippen molar-refractivity contribution < 1.29 is 14.0 Å². The average molecular weight is 561 g/mol. The van der Waals surface area contributed by atoms with Crippen molar-refractivity contribution >= 4 is 17.6 Å². The zero-order chi connectivity index (χ0) is 28.0. The average Bonchev–Trinajstić information content (AvgIpc) is 3.79. The van der Waals surface area contributed by atoms with Gasteiger partial charge in [-0.3, -0.25) is 19.9 Å². The van der Waals surface area contributed by atoms with Crippen molar-refractivity contribution in [3.8, 4) is 0 Å². The Morgan fingerprint density at radius 1 is 1.02 bits per heavy atom. The van der Waals surface area contributed by atoms with Crippen LogP contribution in [0.1, 0.15) is 75.5 Å². The fraction of sp³-hybridized carbons (Fsp3) is 0.594. The molecule has 3 fully saturated rings. The van der Waals surface area contributed by atoms with E-state index >= 15 is 0 Å². The summed E-state index contributed by atoms with van der Waals surface area (Å²) in [6.07, 6.45) is 12.4. The number of hydrazone groups is 1. The molecule has 0 bridgehead atoms. The van der Waals surface area contributed by atoms with Crippen LogP contribution in [0.2, 0.25) is 0 Å². The van der Waals surface area contributed by atoms with Crippen LogP contribution in [0.5, 0.6) is 0 Å². The van der Waals surface area contributed by atoms with Crippen molar-refractivity contribution in [1.82, 2.24) is 25.4 Å². The zero-order valence-electron chi connectivity index (χ0n) is 24.0. The van der Waals surface area contributed by atoms with E-state index in [-0.39, 0.29) is 30.1 Å². The minimum Gasteiger partial charge on any atom is -0.468 e. The topological polar surface area (TPSA) is 93.4 Å². The van der Waals surface area contributed by atoms with E-state index in [1.165, 1.54) is 31.2 Å². The molecular formula is C32H44N6O3. The van der Waals surface area contributed by atoms with Crippen molar-refractivity contribution in [2.45, 2.75) is 95.5 Å². The second-order valence-corrected chi connectivity index (χ2v) is 12.0. The molecule has 9 heteroatoms. The van der Waals surface area contributed by atoms with Gasteiger partial charge >= 0.3 is 0 Å². The van der Waals surface area contributed by atoms with Gasteiger partial charge in [0.1, 0.15) is 11.6 Å². The molecule has 2 amide bonds. The fourth-order valence-corrected chi connectivity index (χ4v) is 7.28. The minimum absolute atomic E-state index is 0.00503. The molecule has 1 aromatic heterocycles. The maximum absolute atomic E-state index is 13.6. The number of carbonyl (C=O) groups excluding carboxylic acids is 2. The molecule has 0 radical (unpaired) electrons. The normalized spacial score (nSPS) is 24.3. The number of benzene rings is 1. The Morgan fingerprint density at radius 2 is 1.83 bits per heavy atom. The highest BCUT2D eigenvalue weighted by Gasteiger charge is 2.50. The lowest BCUT2D eigenvalue weighted by Gasteiger charge is -2.50. The van der Waals surface area contributed by atoms with Crippen molar-refractivity contribution in [1.29, 1.82) is 0 Å². The number of nitrogens with zero attached hydrogens (tertiary/aromatic N) is 4. The first-order valence-corrected chi connectivity index (χ1v) is 15.7. The van der Waals surface area contributed by atoms with Crippen molar-refractivity contribution in [2.24, 2.45) is 11.0 Å². The van der Waals surface area contributed by atoms with Crippen LogP contribution in [0.25, 0.3) is 0 Å². The lowest BCUT2D eigenvalue weighted by Crippen LogP contribution is -2.67. The van der Waals surface area contributed by atoms with Gasteiger partial charge in [0, 0.05) is 44.6 Å². The van der Waals surface area contributed by atoms with Crippen molar-refractivity contribution in [3.63, 3.8) is 0 Å². The summed E-state index contributed by atoms with van der Waals surface area (Å²) in [5, 5.41) is 7.84. The molecule has 1 saturated heterocycles. The summed E-state index contributed by atoms with van der Waals surface area (Å²) in [4.78, 5) is 33.3. The van der Waals surface area contributed by atoms with Gasteiger partial charge in [-0.25, -0.2) is 0 Å². The number of nitrogens with one attached hydrogen (secondary N) is 2. The van der Waals surface area contributed by atoms with E-state index in [4.69, 9.17) is 4.42 Å². The van der Waals surface area contributed by atoms with Crippen LogP contribution in [-0.2, 0) is 22.6 Å². The van der Waals surface area contributed by atoms with Gasteiger partial charge in [-0.15, -0.1) is 0 Å². The van der Waals surface area contributed by atoms with Crippen LogP contribution in [0.15, 0.2) is 58.2 Å². The van der Waals surface area contributed by atoms with Crippen LogP contribution in [0.4, 0.5) is 0 Å². The van der Waals surface area contributed by atoms with Crippen LogP contribution in [0.3, 0.4) is 0 Å². The Kier molecular flexibility index (Phi) is 8.89. The molecule has 220 valence electrons. The predicted octanol–water partition coefficient (Wildman–Crippen LogP) is 4.07. The monoisotopic (exact) mass is 560 g/mol. The van der Waals surface area contributed by atoms with Gasteiger partial charge in [0.2, 0.25) is 11.8 Å². The standard InChI is InChI=1S/C32H44N6O3/c39-30(33-19-21-36(25-11-4-5-12-25)23-26-13-8-22-41-26)17-16-29-34-35-32-37(20-18-24-9-2-1-3-10-24)31(40)27-14-6-7-15-28(27)38(29)32/h1-3,8-10,13,22,25,27-28,32,35H,4-7,11-12,14-21,23H2,(H,33,39). The molecule has 9 nitrogen and oxygen atoms in total. The number of amidine groups is 1. The smallest absolute Gasteiger partial charge is 0.230 e. The number of furan rings is 1. The SMILES string of the molecule is O=C(CCC1=NNC2N(CCc3ccccc3)C(=O)C3CCCCC3N12)NCCN(Cc1ccco1)C1CCCC1. The highest BCUT2D eigenvalue weighted by molar-refractivity contribution is 5.91.